The van der Waals surface area contributed by atoms with Gasteiger partial charge in [0.05, 0.1) is 19.6 Å². The third kappa shape index (κ3) is 6.33. The Bertz CT molecular complexity index is 235. The third-order valence-electron chi connectivity index (χ3n) is 3.33. The second-order valence-electron chi connectivity index (χ2n) is 4.74. The number of hydrogen-bond donors (Lipinski definition) is 1. The van der Waals surface area contributed by atoms with Crippen molar-refractivity contribution < 1.29 is 19.4 Å². The monoisotopic (exact) mass is 259 g/mol. The maximum Gasteiger partial charge on any atom is 0.304 e. The second-order valence-corrected chi connectivity index (χ2v) is 4.74. The highest BCUT2D eigenvalue weighted by Gasteiger charge is 2.23. The van der Waals surface area contributed by atoms with Gasteiger partial charge in [0, 0.05) is 26.3 Å². The summed E-state index contributed by atoms with van der Waals surface area (Å²) in [5.41, 5.74) is 0. The van der Waals surface area contributed by atoms with Crippen molar-refractivity contribution in [3.8, 4) is 0 Å². The molecule has 1 fully saturated rings. The van der Waals surface area contributed by atoms with Crippen LogP contribution in [0.3, 0.4) is 0 Å². The Morgan fingerprint density at radius 2 is 2.17 bits per heavy atom. The van der Waals surface area contributed by atoms with E-state index in [2.05, 4.69) is 4.90 Å². The Hall–Kier alpha value is -0.650. The molecule has 0 amide bonds. The number of carbonyl (C=O) groups is 1. The van der Waals surface area contributed by atoms with Gasteiger partial charge in [0.25, 0.3) is 0 Å². The van der Waals surface area contributed by atoms with E-state index in [9.17, 15) is 4.79 Å². The first kappa shape index (κ1) is 15.4. The Kier molecular flexibility index (Phi) is 7.96. The van der Waals surface area contributed by atoms with Crippen molar-refractivity contribution in [2.45, 2.75) is 38.1 Å². The Labute approximate surface area is 109 Å². The van der Waals surface area contributed by atoms with Crippen LogP contribution in [0.15, 0.2) is 0 Å². The predicted octanol–water partition coefficient (Wildman–Crippen LogP) is 1.37. The zero-order valence-corrected chi connectivity index (χ0v) is 11.3. The molecule has 1 aliphatic rings. The second kappa shape index (κ2) is 9.30. The van der Waals surface area contributed by atoms with Crippen LogP contribution in [0.1, 0.15) is 32.1 Å². The zero-order chi connectivity index (χ0) is 13.2. The number of aliphatic carboxylic acids is 1. The summed E-state index contributed by atoms with van der Waals surface area (Å²) in [6.45, 7) is 3.95. The molecule has 0 aromatic rings. The van der Waals surface area contributed by atoms with E-state index in [4.69, 9.17) is 14.6 Å². The van der Waals surface area contributed by atoms with Crippen molar-refractivity contribution in [2.75, 3.05) is 40.0 Å². The molecule has 0 spiro atoms. The largest absolute Gasteiger partial charge is 0.481 e. The fraction of sp³-hybridized carbons (Fsp3) is 0.923. The van der Waals surface area contributed by atoms with E-state index < -0.39 is 5.97 Å². The lowest BCUT2D eigenvalue weighted by molar-refractivity contribution is -0.138. The average molecular weight is 259 g/mol. The molecule has 5 nitrogen and oxygen atoms in total. The molecule has 0 aromatic heterocycles. The fourth-order valence-corrected chi connectivity index (χ4v) is 2.40. The first-order chi connectivity index (χ1) is 8.74. The number of methoxy groups -OCH3 is 1. The van der Waals surface area contributed by atoms with Gasteiger partial charge in [-0.1, -0.05) is 6.42 Å². The fourth-order valence-electron chi connectivity index (χ4n) is 2.40. The number of carboxylic acids is 1. The van der Waals surface area contributed by atoms with Crippen molar-refractivity contribution in [3.05, 3.63) is 0 Å². The minimum absolute atomic E-state index is 0.218. The zero-order valence-electron chi connectivity index (χ0n) is 11.3. The Morgan fingerprint density at radius 1 is 1.33 bits per heavy atom. The number of piperidine rings is 1. The van der Waals surface area contributed by atoms with Crippen LogP contribution in [-0.2, 0) is 14.3 Å². The summed E-state index contributed by atoms with van der Waals surface area (Å²) >= 11 is 0. The van der Waals surface area contributed by atoms with Gasteiger partial charge in [-0.25, -0.2) is 0 Å². The maximum atomic E-state index is 10.8. The van der Waals surface area contributed by atoms with Crippen LogP contribution < -0.4 is 0 Å². The number of rotatable bonds is 9. The minimum Gasteiger partial charge on any atom is -0.481 e. The molecule has 1 heterocycles. The van der Waals surface area contributed by atoms with Gasteiger partial charge in [0.15, 0.2) is 0 Å². The van der Waals surface area contributed by atoms with Gasteiger partial charge in [-0.2, -0.15) is 0 Å². The summed E-state index contributed by atoms with van der Waals surface area (Å²) < 4.78 is 10.3. The molecule has 1 saturated heterocycles. The van der Waals surface area contributed by atoms with Gasteiger partial charge in [-0.05, 0) is 25.8 Å². The van der Waals surface area contributed by atoms with E-state index in [1.165, 1.54) is 6.42 Å². The summed E-state index contributed by atoms with van der Waals surface area (Å²) in [7, 11) is 1.66. The average Bonchev–Trinajstić information content (AvgIpc) is 2.35. The first-order valence-corrected chi connectivity index (χ1v) is 6.76. The highest BCUT2D eigenvalue weighted by molar-refractivity contribution is 5.67. The molecule has 0 radical (unpaired) electrons. The normalized spacial score (nSPS) is 21.1. The molecule has 5 heteroatoms. The third-order valence-corrected chi connectivity index (χ3v) is 3.33. The lowest BCUT2D eigenvalue weighted by Gasteiger charge is -2.34. The van der Waals surface area contributed by atoms with Crippen LogP contribution in [-0.4, -0.2) is 62.0 Å². The quantitative estimate of drug-likeness (QED) is 0.634. The van der Waals surface area contributed by atoms with Crippen molar-refractivity contribution in [1.29, 1.82) is 0 Å². The maximum absolute atomic E-state index is 10.8. The van der Waals surface area contributed by atoms with Gasteiger partial charge in [-0.15, -0.1) is 0 Å². The minimum atomic E-state index is -0.691. The Balaban J connectivity index is 2.15. The Morgan fingerprint density at radius 3 is 2.89 bits per heavy atom. The summed E-state index contributed by atoms with van der Waals surface area (Å²) in [5.74, 6) is -0.691. The molecule has 106 valence electrons. The molecule has 1 unspecified atom stereocenters. The topological polar surface area (TPSA) is 59.0 Å². The van der Waals surface area contributed by atoms with E-state index in [-0.39, 0.29) is 12.5 Å². The molecule has 1 rings (SSSR count). The summed E-state index contributed by atoms with van der Waals surface area (Å²) in [6, 6.07) is 0.218. The number of ether oxygens (including phenoxy) is 2. The molecule has 0 saturated carbocycles. The molecule has 0 aliphatic carbocycles. The van der Waals surface area contributed by atoms with E-state index in [0.29, 0.717) is 13.2 Å². The summed E-state index contributed by atoms with van der Waals surface area (Å²) in [4.78, 5) is 13.1. The van der Waals surface area contributed by atoms with E-state index in [0.717, 1.165) is 39.0 Å². The SMILES string of the molecule is COCCOCCCN1CCCCC1CC(=O)O. The van der Waals surface area contributed by atoms with Crippen molar-refractivity contribution in [1.82, 2.24) is 4.90 Å². The highest BCUT2D eigenvalue weighted by Crippen LogP contribution is 2.19. The molecular formula is C13H25NO4. The predicted molar refractivity (Wildman–Crippen MR) is 68.8 cm³/mol. The van der Waals surface area contributed by atoms with Crippen molar-refractivity contribution in [3.63, 3.8) is 0 Å². The lowest BCUT2D eigenvalue weighted by Crippen LogP contribution is -2.41. The van der Waals surface area contributed by atoms with Crippen molar-refractivity contribution >= 4 is 5.97 Å². The number of likely N-dealkylation sites (tertiary alicyclic amines) is 1. The van der Waals surface area contributed by atoms with Gasteiger partial charge in [0.1, 0.15) is 0 Å². The molecule has 1 atom stereocenters. The molecule has 0 aromatic carbocycles. The van der Waals surface area contributed by atoms with Crippen LogP contribution >= 0.6 is 0 Å². The molecule has 1 N–H and O–H groups in total. The van der Waals surface area contributed by atoms with Crippen LogP contribution in [0, 0.1) is 0 Å². The van der Waals surface area contributed by atoms with Crippen LogP contribution in [0.4, 0.5) is 0 Å². The summed E-state index contributed by atoms with van der Waals surface area (Å²) in [6.07, 6.45) is 4.57. The number of hydrogen-bond acceptors (Lipinski definition) is 4. The first-order valence-electron chi connectivity index (χ1n) is 6.76. The standard InChI is InChI=1S/C13H25NO4/c1-17-9-10-18-8-4-7-14-6-3-2-5-12(14)11-13(15)16/h12H,2-11H2,1H3,(H,15,16). The highest BCUT2D eigenvalue weighted by atomic mass is 16.5. The van der Waals surface area contributed by atoms with Gasteiger partial charge >= 0.3 is 5.97 Å². The smallest absolute Gasteiger partial charge is 0.304 e. The molecule has 0 bridgehead atoms. The van der Waals surface area contributed by atoms with E-state index in [1.807, 2.05) is 0 Å². The molecule has 1 aliphatic heterocycles. The van der Waals surface area contributed by atoms with E-state index in [1.54, 1.807) is 7.11 Å². The van der Waals surface area contributed by atoms with Crippen LogP contribution in [0.2, 0.25) is 0 Å². The number of nitrogens with zero attached hydrogens (tertiary/aromatic N) is 1. The summed E-state index contributed by atoms with van der Waals surface area (Å²) in [5, 5.41) is 8.89. The molecule has 18 heavy (non-hydrogen) atoms. The molecular weight excluding hydrogens is 234 g/mol. The van der Waals surface area contributed by atoms with Crippen LogP contribution in [0.25, 0.3) is 0 Å². The van der Waals surface area contributed by atoms with Gasteiger partial charge < -0.3 is 14.6 Å². The van der Waals surface area contributed by atoms with Gasteiger partial charge in [-0.3, -0.25) is 9.69 Å². The lowest BCUT2D eigenvalue weighted by atomic mass is 9.99. The van der Waals surface area contributed by atoms with Gasteiger partial charge in [0.2, 0.25) is 0 Å². The van der Waals surface area contributed by atoms with Crippen LogP contribution in [0.5, 0.6) is 0 Å². The number of carboxylic acid groups (broad SMARTS) is 1. The van der Waals surface area contributed by atoms with E-state index >= 15 is 0 Å². The van der Waals surface area contributed by atoms with Crippen molar-refractivity contribution in [2.24, 2.45) is 0 Å².